The lowest BCUT2D eigenvalue weighted by Crippen LogP contribution is -2.41. The van der Waals surface area contributed by atoms with Crippen LogP contribution in [0.25, 0.3) is 0 Å². The number of amides is 1. The molecule has 3 aromatic rings. The fraction of sp³-hybridized carbons (Fsp3) is 0.370. The number of rotatable bonds is 8. The molecule has 0 spiro atoms. The molecule has 196 valence electrons. The van der Waals surface area contributed by atoms with Crippen LogP contribution in [0.5, 0.6) is 5.75 Å². The Kier molecular flexibility index (Phi) is 7.40. The number of hydrogen-bond donors (Lipinski definition) is 1. The Morgan fingerprint density at radius 2 is 1.89 bits per heavy atom. The monoisotopic (exact) mass is 523 g/mol. The molecule has 3 heterocycles. The summed E-state index contributed by atoms with van der Waals surface area (Å²) in [4.78, 5) is 25.9. The molecule has 2 aromatic heterocycles. The van der Waals surface area contributed by atoms with Crippen LogP contribution in [0.1, 0.15) is 43.1 Å². The summed E-state index contributed by atoms with van der Waals surface area (Å²) in [5.74, 6) is 1.38. The number of aromatic nitrogens is 2. The summed E-state index contributed by atoms with van der Waals surface area (Å²) in [6, 6.07) is 15.5. The number of hydrogen-bond acceptors (Lipinski definition) is 8. The fourth-order valence-electron chi connectivity index (χ4n) is 4.83. The maximum absolute atomic E-state index is 13.2. The molecule has 1 aromatic carbocycles. The average Bonchev–Trinajstić information content (AvgIpc) is 3.15. The molecule has 0 bridgehead atoms. The largest absolute Gasteiger partial charge is 0.497 e. The minimum atomic E-state index is -4.23. The highest BCUT2D eigenvalue weighted by Crippen LogP contribution is 2.37. The molecular weight excluding hydrogens is 490 g/mol. The van der Waals surface area contributed by atoms with E-state index in [0.717, 1.165) is 24.3 Å². The first-order valence-electron chi connectivity index (χ1n) is 12.1. The van der Waals surface area contributed by atoms with E-state index in [0.29, 0.717) is 24.1 Å². The van der Waals surface area contributed by atoms with Crippen molar-refractivity contribution in [1.82, 2.24) is 14.7 Å². The van der Waals surface area contributed by atoms with E-state index >= 15 is 0 Å². The van der Waals surface area contributed by atoms with Crippen LogP contribution >= 0.6 is 0 Å². The Morgan fingerprint density at radius 3 is 2.54 bits per heavy atom. The zero-order valence-electron chi connectivity index (χ0n) is 21.8. The summed E-state index contributed by atoms with van der Waals surface area (Å²) < 4.78 is 33.7. The van der Waals surface area contributed by atoms with E-state index in [1.54, 1.807) is 37.6 Å². The van der Waals surface area contributed by atoms with Crippen LogP contribution in [0.2, 0.25) is 0 Å². The molecule has 1 atom stereocenters. The van der Waals surface area contributed by atoms with Crippen LogP contribution in [0.3, 0.4) is 0 Å². The SMILES string of the molecule is COc1ccc(CN(C)c2cccc(S(=O)(=O)NC(=O)c3cccnc3N3CC(C)CC3(C)C)n2)cc1. The van der Waals surface area contributed by atoms with E-state index in [1.807, 2.05) is 36.2 Å². The highest BCUT2D eigenvalue weighted by Gasteiger charge is 2.39. The van der Waals surface area contributed by atoms with E-state index in [2.05, 4.69) is 40.4 Å². The predicted molar refractivity (Wildman–Crippen MR) is 143 cm³/mol. The normalized spacial score (nSPS) is 16.9. The topological polar surface area (TPSA) is 105 Å². The third-order valence-electron chi connectivity index (χ3n) is 6.54. The van der Waals surface area contributed by atoms with E-state index in [1.165, 1.54) is 6.07 Å². The van der Waals surface area contributed by atoms with E-state index in [9.17, 15) is 13.2 Å². The van der Waals surface area contributed by atoms with Crippen molar-refractivity contribution in [3.63, 3.8) is 0 Å². The van der Waals surface area contributed by atoms with Crippen molar-refractivity contribution in [2.45, 2.75) is 44.3 Å². The second-order valence-corrected chi connectivity index (χ2v) is 11.7. The van der Waals surface area contributed by atoms with Crippen molar-refractivity contribution in [2.24, 2.45) is 5.92 Å². The van der Waals surface area contributed by atoms with Gasteiger partial charge in [-0.3, -0.25) is 4.79 Å². The van der Waals surface area contributed by atoms with Gasteiger partial charge in [0.25, 0.3) is 15.9 Å². The van der Waals surface area contributed by atoms with Crippen molar-refractivity contribution in [3.8, 4) is 5.75 Å². The van der Waals surface area contributed by atoms with Gasteiger partial charge in [0.15, 0.2) is 5.03 Å². The van der Waals surface area contributed by atoms with Gasteiger partial charge in [0, 0.05) is 31.9 Å². The van der Waals surface area contributed by atoms with Gasteiger partial charge in [0.2, 0.25) is 0 Å². The summed E-state index contributed by atoms with van der Waals surface area (Å²) in [6.45, 7) is 7.60. The predicted octanol–water partition coefficient (Wildman–Crippen LogP) is 3.87. The summed E-state index contributed by atoms with van der Waals surface area (Å²) in [6.07, 6.45) is 2.56. The van der Waals surface area contributed by atoms with Crippen molar-refractivity contribution in [1.29, 1.82) is 0 Å². The number of anilines is 2. The van der Waals surface area contributed by atoms with Gasteiger partial charge in [0.05, 0.1) is 12.7 Å². The van der Waals surface area contributed by atoms with Crippen molar-refractivity contribution >= 4 is 27.6 Å². The smallest absolute Gasteiger partial charge is 0.281 e. The van der Waals surface area contributed by atoms with Gasteiger partial charge in [-0.1, -0.05) is 25.1 Å². The molecule has 37 heavy (non-hydrogen) atoms. The number of nitrogens with one attached hydrogen (secondary N) is 1. The van der Waals surface area contributed by atoms with Crippen molar-refractivity contribution in [2.75, 3.05) is 30.5 Å². The number of nitrogens with zero attached hydrogens (tertiary/aromatic N) is 4. The second kappa shape index (κ2) is 10.4. The lowest BCUT2D eigenvalue weighted by atomic mass is 9.97. The number of ether oxygens (including phenoxy) is 1. The summed E-state index contributed by atoms with van der Waals surface area (Å²) >= 11 is 0. The van der Waals surface area contributed by atoms with Gasteiger partial charge in [-0.15, -0.1) is 0 Å². The minimum absolute atomic E-state index is 0.202. The molecule has 4 rings (SSSR count). The zero-order chi connectivity index (χ0) is 26.8. The lowest BCUT2D eigenvalue weighted by molar-refractivity contribution is 0.0981. The number of benzene rings is 1. The molecule has 1 amide bonds. The van der Waals surface area contributed by atoms with E-state index in [-0.39, 0.29) is 16.1 Å². The van der Waals surface area contributed by atoms with Crippen molar-refractivity contribution < 1.29 is 17.9 Å². The van der Waals surface area contributed by atoms with Crippen LogP contribution in [0, 0.1) is 5.92 Å². The molecule has 1 saturated heterocycles. The van der Waals surface area contributed by atoms with E-state index < -0.39 is 15.9 Å². The number of pyridine rings is 2. The van der Waals surface area contributed by atoms with Gasteiger partial charge in [-0.25, -0.2) is 14.7 Å². The van der Waals surface area contributed by atoms with Crippen LogP contribution in [-0.2, 0) is 16.6 Å². The molecule has 0 aliphatic carbocycles. The second-order valence-electron chi connectivity index (χ2n) is 10.1. The van der Waals surface area contributed by atoms with Crippen molar-refractivity contribution in [3.05, 3.63) is 71.9 Å². The molecule has 0 radical (unpaired) electrons. The summed E-state index contributed by atoms with van der Waals surface area (Å²) in [7, 11) is -0.794. The molecule has 1 N–H and O–H groups in total. The third kappa shape index (κ3) is 5.85. The first kappa shape index (κ1) is 26.4. The van der Waals surface area contributed by atoms with Crippen LogP contribution in [0.15, 0.2) is 65.8 Å². The highest BCUT2D eigenvalue weighted by molar-refractivity contribution is 7.90. The molecule has 10 heteroatoms. The van der Waals surface area contributed by atoms with Crippen LogP contribution < -0.4 is 19.3 Å². The summed E-state index contributed by atoms with van der Waals surface area (Å²) in [5.41, 5.74) is 1.02. The number of carbonyl (C=O) groups excluding carboxylic acids is 1. The molecule has 9 nitrogen and oxygen atoms in total. The maximum atomic E-state index is 13.2. The molecule has 1 aliphatic heterocycles. The van der Waals surface area contributed by atoms with Gasteiger partial charge >= 0.3 is 0 Å². The first-order valence-corrected chi connectivity index (χ1v) is 13.6. The number of sulfonamides is 1. The van der Waals surface area contributed by atoms with Gasteiger partial charge in [-0.05, 0) is 68.1 Å². The standard InChI is InChI=1S/C27H33N5O4S/c1-19-16-27(2,3)32(17-19)25-22(8-7-15-28-25)26(33)30-37(34,35)24-10-6-9-23(29-24)31(4)18-20-11-13-21(36-5)14-12-20/h6-15,19H,16-18H2,1-5H3,(H,30,33). The third-order valence-corrected chi connectivity index (χ3v) is 7.77. The quantitative estimate of drug-likeness (QED) is 0.475. The highest BCUT2D eigenvalue weighted by atomic mass is 32.2. The molecule has 0 saturated carbocycles. The minimum Gasteiger partial charge on any atom is -0.497 e. The Bertz CT molecular complexity index is 1380. The summed E-state index contributed by atoms with van der Waals surface area (Å²) in [5, 5.41) is -0.236. The lowest BCUT2D eigenvalue weighted by Gasteiger charge is -2.33. The first-order chi connectivity index (χ1) is 17.5. The Balaban J connectivity index is 1.53. The number of carbonyl (C=O) groups is 1. The van der Waals surface area contributed by atoms with Crippen LogP contribution in [0.4, 0.5) is 11.6 Å². The van der Waals surface area contributed by atoms with Gasteiger partial charge in [-0.2, -0.15) is 8.42 Å². The van der Waals surface area contributed by atoms with Gasteiger partial charge < -0.3 is 14.5 Å². The number of methoxy groups -OCH3 is 1. The molecule has 1 fully saturated rings. The Labute approximate surface area is 218 Å². The fourth-order valence-corrected chi connectivity index (χ4v) is 5.76. The zero-order valence-corrected chi connectivity index (χ0v) is 22.6. The molecule has 1 unspecified atom stereocenters. The van der Waals surface area contributed by atoms with Gasteiger partial charge in [0.1, 0.15) is 17.4 Å². The molecular formula is C27H33N5O4S. The maximum Gasteiger partial charge on any atom is 0.281 e. The Hall–Kier alpha value is -3.66. The Morgan fingerprint density at radius 1 is 1.16 bits per heavy atom. The molecule has 1 aliphatic rings. The van der Waals surface area contributed by atoms with Crippen LogP contribution in [-0.4, -0.2) is 50.5 Å². The average molecular weight is 524 g/mol. The van der Waals surface area contributed by atoms with E-state index in [4.69, 9.17) is 4.74 Å².